The van der Waals surface area contributed by atoms with Gasteiger partial charge < -0.3 is 15.0 Å². The van der Waals surface area contributed by atoms with E-state index < -0.39 is 0 Å². The first kappa shape index (κ1) is 18.5. The van der Waals surface area contributed by atoms with E-state index in [1.165, 1.54) is 18.4 Å². The molecular weight excluding hydrogens is 401 g/mol. The lowest BCUT2D eigenvalue weighted by Crippen LogP contribution is -2.41. The Morgan fingerprint density at radius 2 is 2.13 bits per heavy atom. The third-order valence-electron chi connectivity index (χ3n) is 4.76. The van der Waals surface area contributed by atoms with E-state index in [9.17, 15) is 0 Å². The van der Waals surface area contributed by atoms with E-state index in [4.69, 9.17) is 9.73 Å². The number of hydrogen-bond acceptors (Lipinski definition) is 2. The average molecular weight is 429 g/mol. The monoisotopic (exact) mass is 429 g/mol. The van der Waals surface area contributed by atoms with Crippen LogP contribution in [-0.4, -0.2) is 50.3 Å². The van der Waals surface area contributed by atoms with Crippen LogP contribution in [0.4, 0.5) is 0 Å². The highest BCUT2D eigenvalue weighted by molar-refractivity contribution is 14.0. The van der Waals surface area contributed by atoms with Crippen LogP contribution < -0.4 is 5.32 Å². The summed E-state index contributed by atoms with van der Waals surface area (Å²) in [5.41, 5.74) is 1.74. The standard InChI is InChI=1S/C18H27N3O.HI/c1-2-19-17(20-11-8-16-6-4-3-5-7-16)21-12-9-18(14-21)10-13-22-15-18;/h3-7H,2,8-15H2,1H3,(H,19,20);1H. The van der Waals surface area contributed by atoms with Crippen molar-refractivity contribution in [2.24, 2.45) is 10.4 Å². The molecular formula is C18H28IN3O. The first-order valence-corrected chi connectivity index (χ1v) is 8.46. The minimum absolute atomic E-state index is 0. The Morgan fingerprint density at radius 3 is 2.83 bits per heavy atom. The first-order chi connectivity index (χ1) is 10.8. The Balaban J connectivity index is 0.00000192. The number of rotatable bonds is 4. The van der Waals surface area contributed by atoms with Crippen molar-refractivity contribution in [1.29, 1.82) is 0 Å². The third kappa shape index (κ3) is 4.83. The average Bonchev–Trinajstić information content (AvgIpc) is 3.18. The number of benzene rings is 1. The summed E-state index contributed by atoms with van der Waals surface area (Å²) in [6.45, 7) is 7.93. The second-order valence-corrected chi connectivity index (χ2v) is 6.45. The van der Waals surface area contributed by atoms with Gasteiger partial charge in [0.15, 0.2) is 5.96 Å². The van der Waals surface area contributed by atoms with E-state index in [-0.39, 0.29) is 24.0 Å². The van der Waals surface area contributed by atoms with Gasteiger partial charge in [-0.2, -0.15) is 0 Å². The molecule has 0 bridgehead atoms. The van der Waals surface area contributed by atoms with Crippen molar-refractivity contribution in [3.8, 4) is 0 Å². The molecule has 4 nitrogen and oxygen atoms in total. The Hall–Kier alpha value is -0.820. The fraction of sp³-hybridized carbons (Fsp3) is 0.611. The molecule has 2 fully saturated rings. The fourth-order valence-corrected chi connectivity index (χ4v) is 3.45. The highest BCUT2D eigenvalue weighted by Gasteiger charge is 2.42. The van der Waals surface area contributed by atoms with Gasteiger partial charge in [-0.05, 0) is 31.7 Å². The molecule has 1 N–H and O–H groups in total. The van der Waals surface area contributed by atoms with Crippen LogP contribution in [0.2, 0.25) is 0 Å². The molecule has 0 aliphatic carbocycles. The van der Waals surface area contributed by atoms with Crippen LogP contribution in [-0.2, 0) is 11.2 Å². The number of ether oxygens (including phenoxy) is 1. The van der Waals surface area contributed by atoms with E-state index in [1.54, 1.807) is 0 Å². The summed E-state index contributed by atoms with van der Waals surface area (Å²) < 4.78 is 5.62. The van der Waals surface area contributed by atoms with Crippen LogP contribution in [0.1, 0.15) is 25.3 Å². The number of hydrogen-bond donors (Lipinski definition) is 1. The molecule has 2 aliphatic rings. The Morgan fingerprint density at radius 1 is 1.30 bits per heavy atom. The largest absolute Gasteiger partial charge is 0.381 e. The van der Waals surface area contributed by atoms with Gasteiger partial charge in [-0.25, -0.2) is 0 Å². The molecule has 2 saturated heterocycles. The van der Waals surface area contributed by atoms with Crippen LogP contribution in [0.5, 0.6) is 0 Å². The van der Waals surface area contributed by atoms with Crippen molar-refractivity contribution in [3.63, 3.8) is 0 Å². The molecule has 23 heavy (non-hydrogen) atoms. The predicted molar refractivity (Wildman–Crippen MR) is 106 cm³/mol. The smallest absolute Gasteiger partial charge is 0.193 e. The molecule has 1 spiro atoms. The van der Waals surface area contributed by atoms with Gasteiger partial charge in [-0.15, -0.1) is 24.0 Å². The lowest BCUT2D eigenvalue weighted by molar-refractivity contribution is 0.156. The van der Waals surface area contributed by atoms with Crippen LogP contribution in [0.3, 0.4) is 0 Å². The van der Waals surface area contributed by atoms with Crippen LogP contribution in [0.25, 0.3) is 0 Å². The lowest BCUT2D eigenvalue weighted by atomic mass is 9.87. The minimum Gasteiger partial charge on any atom is -0.381 e. The summed E-state index contributed by atoms with van der Waals surface area (Å²) in [6, 6.07) is 10.6. The molecule has 5 heteroatoms. The number of halogens is 1. The fourth-order valence-electron chi connectivity index (χ4n) is 3.45. The Bertz CT molecular complexity index is 500. The number of likely N-dealkylation sites (tertiary alicyclic amines) is 1. The molecule has 1 aromatic carbocycles. The molecule has 0 aromatic heterocycles. The maximum absolute atomic E-state index is 5.62. The van der Waals surface area contributed by atoms with Gasteiger partial charge >= 0.3 is 0 Å². The number of aliphatic imine (C=N–C) groups is 1. The van der Waals surface area contributed by atoms with Crippen molar-refractivity contribution in [2.45, 2.75) is 26.2 Å². The second kappa shape index (κ2) is 8.87. The highest BCUT2D eigenvalue weighted by Crippen LogP contribution is 2.38. The molecule has 0 amide bonds. The van der Waals surface area contributed by atoms with E-state index in [2.05, 4.69) is 47.5 Å². The molecule has 1 aromatic rings. The lowest BCUT2D eigenvalue weighted by Gasteiger charge is -2.25. The third-order valence-corrected chi connectivity index (χ3v) is 4.76. The summed E-state index contributed by atoms with van der Waals surface area (Å²) in [7, 11) is 0. The number of nitrogens with zero attached hydrogens (tertiary/aromatic N) is 2. The number of nitrogens with one attached hydrogen (secondary N) is 1. The van der Waals surface area contributed by atoms with Gasteiger partial charge in [0.2, 0.25) is 0 Å². The summed E-state index contributed by atoms with van der Waals surface area (Å²) in [4.78, 5) is 7.26. The van der Waals surface area contributed by atoms with Crippen LogP contribution in [0.15, 0.2) is 35.3 Å². The topological polar surface area (TPSA) is 36.9 Å². The van der Waals surface area contributed by atoms with Crippen molar-refractivity contribution in [2.75, 3.05) is 39.4 Å². The quantitative estimate of drug-likeness (QED) is 0.455. The Kier molecular flexibility index (Phi) is 7.14. The molecule has 0 saturated carbocycles. The van der Waals surface area contributed by atoms with Crippen LogP contribution >= 0.6 is 24.0 Å². The first-order valence-electron chi connectivity index (χ1n) is 8.46. The minimum atomic E-state index is 0. The molecule has 1 unspecified atom stereocenters. The second-order valence-electron chi connectivity index (χ2n) is 6.45. The molecule has 2 heterocycles. The molecule has 2 aliphatic heterocycles. The van der Waals surface area contributed by atoms with Gasteiger partial charge in [0, 0.05) is 38.2 Å². The normalized spacial score (nSPS) is 24.0. The zero-order chi connectivity index (χ0) is 15.3. The van der Waals surface area contributed by atoms with Crippen LogP contribution in [0, 0.1) is 5.41 Å². The summed E-state index contributed by atoms with van der Waals surface area (Å²) in [5, 5.41) is 3.45. The van der Waals surface area contributed by atoms with Crippen molar-refractivity contribution < 1.29 is 4.74 Å². The summed E-state index contributed by atoms with van der Waals surface area (Å²) >= 11 is 0. The predicted octanol–water partition coefficient (Wildman–Crippen LogP) is 2.93. The highest BCUT2D eigenvalue weighted by atomic mass is 127. The maximum atomic E-state index is 5.62. The maximum Gasteiger partial charge on any atom is 0.193 e. The van der Waals surface area contributed by atoms with Gasteiger partial charge in [-0.1, -0.05) is 30.3 Å². The van der Waals surface area contributed by atoms with Crippen molar-refractivity contribution in [1.82, 2.24) is 10.2 Å². The van der Waals surface area contributed by atoms with Crippen molar-refractivity contribution >= 4 is 29.9 Å². The molecule has 3 rings (SSSR count). The van der Waals surface area contributed by atoms with E-state index in [1.807, 2.05) is 0 Å². The molecule has 128 valence electrons. The van der Waals surface area contributed by atoms with Gasteiger partial charge in [-0.3, -0.25) is 4.99 Å². The summed E-state index contributed by atoms with van der Waals surface area (Å²) in [5.74, 6) is 1.07. The zero-order valence-corrected chi connectivity index (χ0v) is 16.3. The van der Waals surface area contributed by atoms with Gasteiger partial charge in [0.1, 0.15) is 0 Å². The molecule has 1 atom stereocenters. The Labute approximate surface area is 156 Å². The van der Waals surface area contributed by atoms with E-state index in [0.717, 1.165) is 51.8 Å². The van der Waals surface area contributed by atoms with Crippen molar-refractivity contribution in [3.05, 3.63) is 35.9 Å². The summed E-state index contributed by atoms with van der Waals surface area (Å²) in [6.07, 6.45) is 3.43. The zero-order valence-electron chi connectivity index (χ0n) is 14.0. The molecule has 0 radical (unpaired) electrons. The van der Waals surface area contributed by atoms with Gasteiger partial charge in [0.25, 0.3) is 0 Å². The number of guanidine groups is 1. The van der Waals surface area contributed by atoms with E-state index >= 15 is 0 Å². The SMILES string of the molecule is CCNC(=NCCc1ccccc1)N1CCC2(CCOC2)C1.I. The van der Waals surface area contributed by atoms with Gasteiger partial charge in [0.05, 0.1) is 6.61 Å². The van der Waals surface area contributed by atoms with E-state index in [0.29, 0.717) is 5.41 Å².